The number of carbonyl (C=O) groups is 2. The van der Waals surface area contributed by atoms with Gasteiger partial charge in [-0.15, -0.1) is 0 Å². The number of ether oxygens (including phenoxy) is 3. The third-order valence-electron chi connectivity index (χ3n) is 7.00. The molecule has 5 rings (SSSR count). The molecule has 0 bridgehead atoms. The Bertz CT molecular complexity index is 1540. The van der Waals surface area contributed by atoms with E-state index >= 15 is 0 Å². The molecule has 1 aliphatic rings. The van der Waals surface area contributed by atoms with Crippen LogP contribution in [0.3, 0.4) is 0 Å². The molecule has 0 spiro atoms. The maximum absolute atomic E-state index is 13.3. The zero-order valence-electron chi connectivity index (χ0n) is 23.9. The Labute approximate surface area is 254 Å². The van der Waals surface area contributed by atoms with Gasteiger partial charge >= 0.3 is 6.09 Å². The van der Waals surface area contributed by atoms with Gasteiger partial charge in [0.25, 0.3) is 0 Å². The molecule has 224 valence electrons. The molecule has 3 heterocycles. The predicted molar refractivity (Wildman–Crippen MR) is 160 cm³/mol. The molecule has 1 N–H and O–H groups in total. The van der Waals surface area contributed by atoms with E-state index in [1.54, 1.807) is 72.7 Å². The number of nitrogens with zero attached hydrogens (tertiary/aromatic N) is 6. The third-order valence-corrected chi connectivity index (χ3v) is 7.19. The minimum absolute atomic E-state index is 0.0690. The number of carbonyl (C=O) groups excluding carboxylic acids is 2. The molecule has 13 heteroatoms. The fourth-order valence-corrected chi connectivity index (χ4v) is 5.02. The van der Waals surface area contributed by atoms with E-state index in [2.05, 4.69) is 20.3 Å². The number of amides is 2. The fraction of sp³-hybridized carbons (Fsp3) is 0.300. The smallest absolute Gasteiger partial charge is 0.415 e. The lowest BCUT2D eigenvalue weighted by atomic mass is 10.1. The van der Waals surface area contributed by atoms with E-state index in [4.69, 9.17) is 25.8 Å². The second-order valence-electron chi connectivity index (χ2n) is 9.79. The van der Waals surface area contributed by atoms with Crippen molar-refractivity contribution in [1.82, 2.24) is 29.7 Å². The summed E-state index contributed by atoms with van der Waals surface area (Å²) >= 11 is 6.34. The molecule has 12 nitrogen and oxygen atoms in total. The Hall–Kier alpha value is -4.84. The number of nitrogens with one attached hydrogen (secondary N) is 1. The van der Waals surface area contributed by atoms with E-state index in [-0.39, 0.29) is 17.5 Å². The average Bonchev–Trinajstić information content (AvgIpc) is 3.56. The number of benzene rings is 2. The maximum atomic E-state index is 13.3. The molecule has 0 saturated carbocycles. The molecule has 2 amide bonds. The molecule has 4 aromatic rings. The van der Waals surface area contributed by atoms with Crippen molar-refractivity contribution in [2.75, 3.05) is 45.3 Å². The monoisotopic (exact) mass is 605 g/mol. The number of methoxy groups -OCH3 is 2. The van der Waals surface area contributed by atoms with Gasteiger partial charge in [0.15, 0.2) is 11.5 Å². The molecule has 0 aliphatic carbocycles. The van der Waals surface area contributed by atoms with Gasteiger partial charge in [0.1, 0.15) is 23.0 Å². The third kappa shape index (κ3) is 7.52. The number of piperazine rings is 1. The van der Waals surface area contributed by atoms with Gasteiger partial charge < -0.3 is 29.3 Å². The summed E-state index contributed by atoms with van der Waals surface area (Å²) in [7, 11) is 3.17. The van der Waals surface area contributed by atoms with E-state index in [0.29, 0.717) is 61.6 Å². The molecular formula is C30H32ClN7O5. The highest BCUT2D eigenvalue weighted by molar-refractivity contribution is 6.29. The number of halogens is 1. The van der Waals surface area contributed by atoms with Crippen LogP contribution in [-0.2, 0) is 11.2 Å². The molecule has 0 radical (unpaired) electrons. The Kier molecular flexibility index (Phi) is 9.57. The van der Waals surface area contributed by atoms with Gasteiger partial charge in [0.05, 0.1) is 20.3 Å². The van der Waals surface area contributed by atoms with E-state index < -0.39 is 12.1 Å². The van der Waals surface area contributed by atoms with Gasteiger partial charge in [0.2, 0.25) is 11.9 Å². The maximum Gasteiger partial charge on any atom is 0.415 e. The molecule has 43 heavy (non-hydrogen) atoms. The molecule has 1 fully saturated rings. The quantitative estimate of drug-likeness (QED) is 0.269. The van der Waals surface area contributed by atoms with Crippen molar-refractivity contribution in [3.8, 4) is 23.2 Å². The minimum atomic E-state index is -0.520. The number of rotatable bonds is 10. The first-order valence-corrected chi connectivity index (χ1v) is 14.1. The zero-order valence-corrected chi connectivity index (χ0v) is 24.6. The van der Waals surface area contributed by atoms with E-state index in [1.165, 1.54) is 0 Å². The first kappa shape index (κ1) is 29.6. The molecule has 1 aliphatic heterocycles. The number of imidazole rings is 1. The van der Waals surface area contributed by atoms with Crippen LogP contribution in [0.15, 0.2) is 73.3 Å². The SMILES string of the molecule is COc1ccc(CCNC(=O)CC2CN(c3cc(Cl)nc(-n4ccnc4)n3)CCN2C(=O)Oc2ccccc2)cc1OC. The summed E-state index contributed by atoms with van der Waals surface area (Å²) in [6.07, 6.45) is 5.08. The second-order valence-corrected chi connectivity index (χ2v) is 10.2. The first-order valence-electron chi connectivity index (χ1n) is 13.7. The van der Waals surface area contributed by atoms with Crippen LogP contribution in [0, 0.1) is 0 Å². The van der Waals surface area contributed by atoms with Gasteiger partial charge in [-0.3, -0.25) is 9.36 Å². The highest BCUT2D eigenvalue weighted by Gasteiger charge is 2.34. The van der Waals surface area contributed by atoms with Gasteiger partial charge in [0, 0.05) is 51.1 Å². The Morgan fingerprint density at radius 2 is 1.84 bits per heavy atom. The normalized spacial score (nSPS) is 14.7. The summed E-state index contributed by atoms with van der Waals surface area (Å²) in [6.45, 7) is 1.52. The zero-order chi connectivity index (χ0) is 30.2. The highest BCUT2D eigenvalue weighted by atomic mass is 35.5. The van der Waals surface area contributed by atoms with Crippen molar-refractivity contribution in [2.24, 2.45) is 0 Å². The minimum Gasteiger partial charge on any atom is -0.493 e. The lowest BCUT2D eigenvalue weighted by Crippen LogP contribution is -2.57. The fourth-order valence-electron chi connectivity index (χ4n) is 4.84. The summed E-state index contributed by atoms with van der Waals surface area (Å²) in [5.41, 5.74) is 0.990. The van der Waals surface area contributed by atoms with Crippen molar-refractivity contribution < 1.29 is 23.8 Å². The Morgan fingerprint density at radius 3 is 2.58 bits per heavy atom. The molecular weight excluding hydrogens is 574 g/mol. The highest BCUT2D eigenvalue weighted by Crippen LogP contribution is 2.28. The van der Waals surface area contributed by atoms with Gasteiger partial charge in [-0.1, -0.05) is 35.9 Å². The number of hydrogen-bond donors (Lipinski definition) is 1. The van der Waals surface area contributed by atoms with Crippen LogP contribution in [0.1, 0.15) is 12.0 Å². The van der Waals surface area contributed by atoms with Gasteiger partial charge in [-0.25, -0.2) is 14.8 Å². The largest absolute Gasteiger partial charge is 0.493 e. The van der Waals surface area contributed by atoms with Crippen LogP contribution in [0.25, 0.3) is 5.95 Å². The number of para-hydroxylation sites is 1. The van der Waals surface area contributed by atoms with Gasteiger partial charge in [-0.2, -0.15) is 4.98 Å². The number of aromatic nitrogens is 4. The van der Waals surface area contributed by atoms with Crippen LogP contribution in [0.2, 0.25) is 5.15 Å². The van der Waals surface area contributed by atoms with Crippen molar-refractivity contribution in [3.63, 3.8) is 0 Å². The second kappa shape index (κ2) is 13.9. The number of hydrogen-bond acceptors (Lipinski definition) is 9. The summed E-state index contributed by atoms with van der Waals surface area (Å²) in [5.74, 6) is 2.46. The van der Waals surface area contributed by atoms with Crippen molar-refractivity contribution >= 4 is 29.4 Å². The van der Waals surface area contributed by atoms with Crippen molar-refractivity contribution in [2.45, 2.75) is 18.9 Å². The molecule has 1 atom stereocenters. The molecule has 1 unspecified atom stereocenters. The van der Waals surface area contributed by atoms with Crippen LogP contribution < -0.4 is 24.4 Å². The summed E-state index contributed by atoms with van der Waals surface area (Å²) in [6, 6.07) is 15.7. The molecule has 2 aromatic carbocycles. The van der Waals surface area contributed by atoms with Crippen LogP contribution in [0.5, 0.6) is 17.2 Å². The summed E-state index contributed by atoms with van der Waals surface area (Å²) < 4.78 is 18.0. The molecule has 2 aromatic heterocycles. The standard InChI is InChI=1S/C30H32ClN7O5/c1-41-24-9-8-21(16-25(24)42-2)10-11-33-28(39)17-22-19-36(14-15-38(22)30(40)43-23-6-4-3-5-7-23)27-18-26(31)34-29(35-27)37-13-12-32-20-37/h3-9,12-13,16,18,20,22H,10-11,14-15,17,19H2,1-2H3,(H,33,39). The van der Waals surface area contributed by atoms with Crippen LogP contribution in [-0.4, -0.2) is 82.9 Å². The first-order chi connectivity index (χ1) is 20.9. The average molecular weight is 606 g/mol. The van der Waals surface area contributed by atoms with Crippen LogP contribution >= 0.6 is 11.6 Å². The molecule has 1 saturated heterocycles. The lowest BCUT2D eigenvalue weighted by Gasteiger charge is -2.41. The van der Waals surface area contributed by atoms with E-state index in [1.807, 2.05) is 29.2 Å². The van der Waals surface area contributed by atoms with Crippen molar-refractivity contribution in [3.05, 3.63) is 84.0 Å². The van der Waals surface area contributed by atoms with E-state index in [0.717, 1.165) is 5.56 Å². The predicted octanol–water partition coefficient (Wildman–Crippen LogP) is 3.77. The van der Waals surface area contributed by atoms with E-state index in [9.17, 15) is 9.59 Å². The Balaban J connectivity index is 1.28. The summed E-state index contributed by atoms with van der Waals surface area (Å²) in [4.78, 5) is 43.0. The van der Waals surface area contributed by atoms with Crippen LogP contribution in [0.4, 0.5) is 10.6 Å². The number of anilines is 1. The summed E-state index contributed by atoms with van der Waals surface area (Å²) in [5, 5.41) is 3.25. The lowest BCUT2D eigenvalue weighted by molar-refractivity contribution is -0.122. The van der Waals surface area contributed by atoms with Crippen molar-refractivity contribution in [1.29, 1.82) is 0 Å². The Morgan fingerprint density at radius 1 is 1.02 bits per heavy atom. The van der Waals surface area contributed by atoms with Gasteiger partial charge in [-0.05, 0) is 36.2 Å². The topological polar surface area (TPSA) is 124 Å².